The zero-order valence-electron chi connectivity index (χ0n) is 10.3. The third-order valence-electron chi connectivity index (χ3n) is 1.94. The van der Waals surface area contributed by atoms with Gasteiger partial charge in [-0.2, -0.15) is 13.2 Å². The fourth-order valence-electron chi connectivity index (χ4n) is 1.35. The zero-order chi connectivity index (χ0) is 14.6. The van der Waals surface area contributed by atoms with E-state index in [-0.39, 0.29) is 5.75 Å². The summed E-state index contributed by atoms with van der Waals surface area (Å²) in [5, 5.41) is 4.33. The highest BCUT2D eigenvalue weighted by Crippen LogP contribution is 2.12. The van der Waals surface area contributed by atoms with Crippen LogP contribution >= 0.6 is 0 Å². The fraction of sp³-hybridized carbons (Fsp3) is 0.889. The summed E-state index contributed by atoms with van der Waals surface area (Å²) in [6.45, 7) is 1.50. The molecule has 5 nitrogen and oxygen atoms in total. The van der Waals surface area contributed by atoms with Crippen molar-refractivity contribution in [1.82, 2.24) is 10.6 Å². The molecule has 18 heavy (non-hydrogen) atoms. The van der Waals surface area contributed by atoms with Crippen molar-refractivity contribution in [2.75, 3.05) is 18.6 Å². The summed E-state index contributed by atoms with van der Waals surface area (Å²) in [6.07, 6.45) is -3.42. The minimum atomic E-state index is -4.46. The molecule has 0 aromatic carbocycles. The summed E-state index contributed by atoms with van der Waals surface area (Å²) in [7, 11) is -3.20. The number of hydrogen-bond acceptors (Lipinski definition) is 4. The molecule has 0 saturated heterocycles. The predicted octanol–water partition coefficient (Wildman–Crippen LogP) is 0.0761. The number of amides is 1. The molecule has 0 saturated carbocycles. The van der Waals surface area contributed by atoms with Gasteiger partial charge < -0.3 is 10.6 Å². The van der Waals surface area contributed by atoms with Crippen LogP contribution in [0.1, 0.15) is 13.8 Å². The summed E-state index contributed by atoms with van der Waals surface area (Å²) >= 11 is 0. The number of alkyl halides is 3. The summed E-state index contributed by atoms with van der Waals surface area (Å²) < 4.78 is 57.5. The van der Waals surface area contributed by atoms with Gasteiger partial charge in [0.2, 0.25) is 5.91 Å². The second kappa shape index (κ2) is 6.37. The first-order chi connectivity index (χ1) is 7.91. The van der Waals surface area contributed by atoms with Gasteiger partial charge in [-0.05, 0) is 13.8 Å². The number of halogens is 3. The lowest BCUT2D eigenvalue weighted by Gasteiger charge is -2.19. The maximum Gasteiger partial charge on any atom is 0.405 e. The Labute approximate surface area is 104 Å². The maximum atomic E-state index is 11.8. The molecule has 2 atom stereocenters. The topological polar surface area (TPSA) is 75.3 Å². The van der Waals surface area contributed by atoms with Crippen molar-refractivity contribution in [1.29, 1.82) is 0 Å². The first-order valence-electron chi connectivity index (χ1n) is 5.19. The molecule has 0 rings (SSSR count). The van der Waals surface area contributed by atoms with Crippen molar-refractivity contribution in [2.24, 2.45) is 0 Å². The van der Waals surface area contributed by atoms with Crippen molar-refractivity contribution >= 4 is 15.7 Å². The van der Waals surface area contributed by atoms with E-state index in [0.717, 1.165) is 6.26 Å². The van der Waals surface area contributed by atoms with Crippen LogP contribution in [0, 0.1) is 0 Å². The van der Waals surface area contributed by atoms with E-state index in [4.69, 9.17) is 0 Å². The number of hydrogen-bond donors (Lipinski definition) is 2. The molecule has 0 fully saturated rings. The normalized spacial score (nSPS) is 16.1. The molecule has 0 spiro atoms. The standard InChI is InChI=1S/C9H17F3N2O3S/c1-6(4-18(3,16)17)14-7(2)8(15)13-5-9(10,11)12/h6-7,14H,4-5H2,1-3H3,(H,13,15). The van der Waals surface area contributed by atoms with Crippen LogP contribution < -0.4 is 10.6 Å². The summed E-state index contributed by atoms with van der Waals surface area (Å²) in [6, 6.07) is -1.42. The van der Waals surface area contributed by atoms with Gasteiger partial charge in [0.15, 0.2) is 0 Å². The molecule has 9 heteroatoms. The third-order valence-corrected chi connectivity index (χ3v) is 3.05. The van der Waals surface area contributed by atoms with Crippen molar-refractivity contribution in [3.05, 3.63) is 0 Å². The Bertz CT molecular complexity index is 381. The van der Waals surface area contributed by atoms with Crippen LogP contribution in [0.3, 0.4) is 0 Å². The average Bonchev–Trinajstić information content (AvgIpc) is 2.09. The fourth-order valence-corrected chi connectivity index (χ4v) is 2.35. The second-order valence-electron chi connectivity index (χ2n) is 4.21. The van der Waals surface area contributed by atoms with Crippen LogP contribution in [0.4, 0.5) is 13.2 Å². The van der Waals surface area contributed by atoms with Crippen LogP contribution in [-0.4, -0.2) is 51.1 Å². The minimum absolute atomic E-state index is 0.191. The monoisotopic (exact) mass is 290 g/mol. The Kier molecular flexibility index (Phi) is 6.08. The molecule has 0 aliphatic heterocycles. The van der Waals surface area contributed by atoms with E-state index >= 15 is 0 Å². The Hall–Kier alpha value is -0.830. The van der Waals surface area contributed by atoms with Crippen molar-refractivity contribution in [3.63, 3.8) is 0 Å². The molecule has 0 radical (unpaired) electrons. The van der Waals surface area contributed by atoms with Gasteiger partial charge in [-0.3, -0.25) is 4.79 Å². The highest BCUT2D eigenvalue weighted by atomic mass is 32.2. The molecule has 108 valence electrons. The Morgan fingerprint density at radius 2 is 1.78 bits per heavy atom. The van der Waals surface area contributed by atoms with Crippen LogP contribution in [0.2, 0.25) is 0 Å². The van der Waals surface area contributed by atoms with Gasteiger partial charge in [-0.25, -0.2) is 8.42 Å². The van der Waals surface area contributed by atoms with E-state index in [9.17, 15) is 26.4 Å². The molecule has 0 aromatic heterocycles. The molecule has 0 aliphatic rings. The lowest BCUT2D eigenvalue weighted by Crippen LogP contribution is -2.49. The lowest BCUT2D eigenvalue weighted by molar-refractivity contribution is -0.139. The molecule has 1 amide bonds. The van der Waals surface area contributed by atoms with Crippen molar-refractivity contribution < 1.29 is 26.4 Å². The number of nitrogens with one attached hydrogen (secondary N) is 2. The molecule has 0 heterocycles. The largest absolute Gasteiger partial charge is 0.405 e. The van der Waals surface area contributed by atoms with E-state index in [1.807, 2.05) is 0 Å². The van der Waals surface area contributed by atoms with Gasteiger partial charge >= 0.3 is 6.18 Å². The Morgan fingerprint density at radius 3 is 2.17 bits per heavy atom. The summed E-state index contributed by atoms with van der Waals surface area (Å²) in [4.78, 5) is 11.3. The summed E-state index contributed by atoms with van der Waals surface area (Å²) in [5.74, 6) is -1.02. The van der Waals surface area contributed by atoms with E-state index in [1.165, 1.54) is 13.8 Å². The highest BCUT2D eigenvalue weighted by molar-refractivity contribution is 7.90. The number of sulfone groups is 1. The predicted molar refractivity (Wildman–Crippen MR) is 60.8 cm³/mol. The van der Waals surface area contributed by atoms with Gasteiger partial charge in [0, 0.05) is 12.3 Å². The first kappa shape index (κ1) is 17.2. The smallest absolute Gasteiger partial charge is 0.346 e. The van der Waals surface area contributed by atoms with E-state index in [0.29, 0.717) is 0 Å². The summed E-state index contributed by atoms with van der Waals surface area (Å²) in [5.41, 5.74) is 0. The Morgan fingerprint density at radius 1 is 1.28 bits per heavy atom. The van der Waals surface area contributed by atoms with Crippen molar-refractivity contribution in [2.45, 2.75) is 32.1 Å². The molecule has 0 bridgehead atoms. The highest BCUT2D eigenvalue weighted by Gasteiger charge is 2.29. The quantitative estimate of drug-likeness (QED) is 0.726. The molecular weight excluding hydrogens is 273 g/mol. The molecular formula is C9H17F3N2O3S. The third kappa shape index (κ3) is 9.23. The van der Waals surface area contributed by atoms with E-state index < -0.39 is 40.5 Å². The first-order valence-corrected chi connectivity index (χ1v) is 7.25. The molecule has 0 aromatic rings. The number of carbonyl (C=O) groups is 1. The second-order valence-corrected chi connectivity index (χ2v) is 6.40. The van der Waals surface area contributed by atoms with Gasteiger partial charge in [-0.15, -0.1) is 0 Å². The Balaban J connectivity index is 4.16. The number of rotatable bonds is 6. The molecule has 2 N–H and O–H groups in total. The maximum absolute atomic E-state index is 11.8. The van der Waals surface area contributed by atoms with Crippen LogP contribution in [-0.2, 0) is 14.6 Å². The van der Waals surface area contributed by atoms with Gasteiger partial charge in [0.05, 0.1) is 11.8 Å². The van der Waals surface area contributed by atoms with E-state index in [1.54, 1.807) is 5.32 Å². The van der Waals surface area contributed by atoms with Gasteiger partial charge in [0.25, 0.3) is 0 Å². The van der Waals surface area contributed by atoms with Crippen LogP contribution in [0.5, 0.6) is 0 Å². The van der Waals surface area contributed by atoms with Crippen LogP contribution in [0.25, 0.3) is 0 Å². The van der Waals surface area contributed by atoms with Gasteiger partial charge in [0.1, 0.15) is 16.4 Å². The van der Waals surface area contributed by atoms with Crippen LogP contribution in [0.15, 0.2) is 0 Å². The average molecular weight is 290 g/mol. The molecule has 0 aliphatic carbocycles. The van der Waals surface area contributed by atoms with Crippen molar-refractivity contribution in [3.8, 4) is 0 Å². The molecule has 2 unspecified atom stereocenters. The van der Waals surface area contributed by atoms with Gasteiger partial charge in [-0.1, -0.05) is 0 Å². The van der Waals surface area contributed by atoms with E-state index in [2.05, 4.69) is 5.32 Å². The minimum Gasteiger partial charge on any atom is -0.346 e. The zero-order valence-corrected chi connectivity index (χ0v) is 11.2. The lowest BCUT2D eigenvalue weighted by atomic mass is 10.2. The SMILES string of the molecule is CC(CS(C)(=O)=O)NC(C)C(=O)NCC(F)(F)F. The number of carbonyl (C=O) groups excluding carboxylic acids is 1.